The largest absolute Gasteiger partial charge is 0.383 e. The molecule has 1 aromatic carbocycles. The van der Waals surface area contributed by atoms with Crippen molar-refractivity contribution < 1.29 is 5.11 Å². The first kappa shape index (κ1) is 11.6. The Balaban J connectivity index is 2.29. The molecule has 3 heteroatoms. The first-order valence-corrected chi connectivity index (χ1v) is 6.47. The summed E-state index contributed by atoms with van der Waals surface area (Å²) in [7, 11) is 0. The summed E-state index contributed by atoms with van der Waals surface area (Å²) in [5.74, 6) is 0. The zero-order valence-electron chi connectivity index (χ0n) is 8.98. The highest BCUT2D eigenvalue weighted by Crippen LogP contribution is 2.30. The molecule has 0 aliphatic heterocycles. The van der Waals surface area contributed by atoms with E-state index in [0.29, 0.717) is 5.02 Å². The lowest BCUT2D eigenvalue weighted by Crippen LogP contribution is -1.97. The number of rotatable bonds is 3. The summed E-state index contributed by atoms with van der Waals surface area (Å²) in [5, 5.41) is 12.7. The summed E-state index contributed by atoms with van der Waals surface area (Å²) in [6.45, 7) is 2.10. The van der Waals surface area contributed by atoms with Crippen LogP contribution in [0, 0.1) is 0 Å². The van der Waals surface area contributed by atoms with E-state index in [4.69, 9.17) is 11.6 Å². The van der Waals surface area contributed by atoms with Crippen molar-refractivity contribution in [2.75, 3.05) is 0 Å². The molecule has 84 valence electrons. The van der Waals surface area contributed by atoms with Gasteiger partial charge in [0, 0.05) is 10.3 Å². The maximum absolute atomic E-state index is 10.2. The van der Waals surface area contributed by atoms with E-state index < -0.39 is 6.10 Å². The lowest BCUT2D eigenvalue weighted by Gasteiger charge is -2.09. The lowest BCUT2D eigenvalue weighted by atomic mass is 10.0. The SMILES string of the molecule is CCc1cccc(C(O)c2cc(Cl)cs2)c1. The van der Waals surface area contributed by atoms with E-state index >= 15 is 0 Å². The summed E-state index contributed by atoms with van der Waals surface area (Å²) in [6.07, 6.45) is 0.412. The van der Waals surface area contributed by atoms with Crippen LogP contribution in [0.3, 0.4) is 0 Å². The van der Waals surface area contributed by atoms with E-state index in [9.17, 15) is 5.11 Å². The van der Waals surface area contributed by atoms with Crippen molar-refractivity contribution in [2.45, 2.75) is 19.4 Å². The van der Waals surface area contributed by atoms with Gasteiger partial charge in [0.2, 0.25) is 0 Å². The average Bonchev–Trinajstić information content (AvgIpc) is 2.75. The van der Waals surface area contributed by atoms with Gasteiger partial charge in [-0.05, 0) is 23.6 Å². The second-order valence-electron chi connectivity index (χ2n) is 3.67. The Kier molecular flexibility index (Phi) is 3.64. The minimum atomic E-state index is -0.566. The van der Waals surface area contributed by atoms with Crippen LogP contribution in [-0.2, 0) is 6.42 Å². The number of thiophene rings is 1. The normalized spacial score (nSPS) is 12.7. The third-order valence-corrected chi connectivity index (χ3v) is 3.86. The molecule has 0 aliphatic rings. The van der Waals surface area contributed by atoms with E-state index in [-0.39, 0.29) is 0 Å². The molecule has 0 fully saturated rings. The van der Waals surface area contributed by atoms with Gasteiger partial charge in [-0.15, -0.1) is 11.3 Å². The van der Waals surface area contributed by atoms with Gasteiger partial charge in [0.05, 0.1) is 5.02 Å². The van der Waals surface area contributed by atoms with E-state index in [2.05, 4.69) is 13.0 Å². The number of aliphatic hydroxyl groups is 1. The Bertz CT molecular complexity index is 478. The number of benzene rings is 1. The molecule has 0 aliphatic carbocycles. The molecular weight excluding hydrogens is 240 g/mol. The Morgan fingerprint density at radius 3 is 2.81 bits per heavy atom. The number of hydrogen-bond donors (Lipinski definition) is 1. The summed E-state index contributed by atoms with van der Waals surface area (Å²) < 4.78 is 0. The summed E-state index contributed by atoms with van der Waals surface area (Å²) in [6, 6.07) is 9.84. The highest BCUT2D eigenvalue weighted by atomic mass is 35.5. The molecule has 1 unspecified atom stereocenters. The van der Waals surface area contributed by atoms with Gasteiger partial charge in [-0.25, -0.2) is 0 Å². The van der Waals surface area contributed by atoms with Crippen LogP contribution in [0.25, 0.3) is 0 Å². The highest BCUT2D eigenvalue weighted by Gasteiger charge is 2.12. The minimum Gasteiger partial charge on any atom is -0.383 e. The van der Waals surface area contributed by atoms with Crippen LogP contribution in [0.2, 0.25) is 5.02 Å². The lowest BCUT2D eigenvalue weighted by molar-refractivity contribution is 0.224. The number of hydrogen-bond acceptors (Lipinski definition) is 2. The third kappa shape index (κ3) is 2.46. The van der Waals surface area contributed by atoms with E-state index in [1.54, 1.807) is 0 Å². The Morgan fingerprint density at radius 2 is 2.19 bits per heavy atom. The van der Waals surface area contributed by atoms with Gasteiger partial charge in [0.25, 0.3) is 0 Å². The average molecular weight is 253 g/mol. The molecule has 0 saturated heterocycles. The second kappa shape index (κ2) is 5.00. The highest BCUT2D eigenvalue weighted by molar-refractivity contribution is 7.10. The van der Waals surface area contributed by atoms with Crippen LogP contribution in [-0.4, -0.2) is 5.11 Å². The maximum atomic E-state index is 10.2. The second-order valence-corrected chi connectivity index (χ2v) is 5.05. The molecule has 0 bridgehead atoms. The number of aryl methyl sites for hydroxylation is 1. The predicted molar refractivity (Wildman–Crippen MR) is 69.2 cm³/mol. The van der Waals surface area contributed by atoms with Crippen molar-refractivity contribution in [3.63, 3.8) is 0 Å². The van der Waals surface area contributed by atoms with Crippen molar-refractivity contribution in [3.8, 4) is 0 Å². The van der Waals surface area contributed by atoms with Gasteiger partial charge in [0.1, 0.15) is 6.10 Å². The van der Waals surface area contributed by atoms with Crippen molar-refractivity contribution in [3.05, 3.63) is 56.7 Å². The fraction of sp³-hybridized carbons (Fsp3) is 0.231. The molecule has 1 nitrogen and oxygen atoms in total. The van der Waals surface area contributed by atoms with Crippen LogP contribution < -0.4 is 0 Å². The molecule has 1 heterocycles. The molecule has 2 rings (SSSR count). The Labute approximate surface area is 104 Å². The number of aliphatic hydroxyl groups excluding tert-OH is 1. The van der Waals surface area contributed by atoms with Crippen molar-refractivity contribution in [1.29, 1.82) is 0 Å². The first-order valence-electron chi connectivity index (χ1n) is 5.21. The van der Waals surface area contributed by atoms with Gasteiger partial charge < -0.3 is 5.11 Å². The van der Waals surface area contributed by atoms with Gasteiger partial charge in [-0.1, -0.05) is 42.8 Å². The van der Waals surface area contributed by atoms with Gasteiger partial charge in [0.15, 0.2) is 0 Å². The molecule has 1 atom stereocenters. The Morgan fingerprint density at radius 1 is 1.38 bits per heavy atom. The molecule has 0 amide bonds. The monoisotopic (exact) mass is 252 g/mol. The molecule has 1 N–H and O–H groups in total. The fourth-order valence-corrected chi connectivity index (χ4v) is 2.71. The zero-order valence-corrected chi connectivity index (χ0v) is 10.6. The van der Waals surface area contributed by atoms with Gasteiger partial charge in [-0.3, -0.25) is 0 Å². The smallest absolute Gasteiger partial charge is 0.113 e. The van der Waals surface area contributed by atoms with Crippen molar-refractivity contribution in [1.82, 2.24) is 0 Å². The zero-order chi connectivity index (χ0) is 11.5. The quantitative estimate of drug-likeness (QED) is 0.874. The maximum Gasteiger partial charge on any atom is 0.113 e. The van der Waals surface area contributed by atoms with Gasteiger partial charge >= 0.3 is 0 Å². The summed E-state index contributed by atoms with van der Waals surface area (Å²) in [5.41, 5.74) is 2.16. The predicted octanol–water partition coefficient (Wildman–Crippen LogP) is 4.05. The third-order valence-electron chi connectivity index (χ3n) is 2.53. The van der Waals surface area contributed by atoms with Crippen LogP contribution in [0.15, 0.2) is 35.7 Å². The first-order chi connectivity index (χ1) is 7.70. The summed E-state index contributed by atoms with van der Waals surface area (Å²) in [4.78, 5) is 0.887. The number of halogens is 1. The minimum absolute atomic E-state index is 0.566. The molecule has 2 aromatic rings. The van der Waals surface area contributed by atoms with Crippen LogP contribution in [0.5, 0.6) is 0 Å². The molecular formula is C13H13ClOS. The molecule has 0 radical (unpaired) electrons. The van der Waals surface area contributed by atoms with Crippen LogP contribution in [0.1, 0.15) is 29.0 Å². The van der Waals surface area contributed by atoms with Crippen molar-refractivity contribution >= 4 is 22.9 Å². The Hall–Kier alpha value is -0.830. The standard InChI is InChI=1S/C13H13ClOS/c1-2-9-4-3-5-10(6-9)13(15)12-7-11(14)8-16-12/h3-8,13,15H,2H2,1H3. The van der Waals surface area contributed by atoms with Crippen LogP contribution >= 0.6 is 22.9 Å². The topological polar surface area (TPSA) is 20.2 Å². The summed E-state index contributed by atoms with van der Waals surface area (Å²) >= 11 is 7.33. The molecule has 1 aromatic heterocycles. The molecule has 16 heavy (non-hydrogen) atoms. The van der Waals surface area contributed by atoms with Crippen molar-refractivity contribution in [2.24, 2.45) is 0 Å². The van der Waals surface area contributed by atoms with E-state index in [1.165, 1.54) is 16.9 Å². The van der Waals surface area contributed by atoms with Gasteiger partial charge in [-0.2, -0.15) is 0 Å². The van der Waals surface area contributed by atoms with Crippen LogP contribution in [0.4, 0.5) is 0 Å². The molecule has 0 spiro atoms. The fourth-order valence-electron chi connectivity index (χ4n) is 1.62. The van der Waals surface area contributed by atoms with E-state index in [0.717, 1.165) is 16.9 Å². The molecule has 0 saturated carbocycles. The van der Waals surface area contributed by atoms with E-state index in [1.807, 2.05) is 29.6 Å².